The standard InChI is InChI=1S/C17H16ClN3O2/c1-10(22)20-9-13-5-12-6-15(18)14(8-16(12)21-13)11-3-4-19-17(7-11)23-2/h3-8,21H,9H2,1-2H3,(H,20,22). The van der Waals surface area contributed by atoms with Crippen LogP contribution in [0.25, 0.3) is 22.0 Å². The fourth-order valence-corrected chi connectivity index (χ4v) is 2.72. The van der Waals surface area contributed by atoms with Crippen LogP contribution in [0.4, 0.5) is 0 Å². The summed E-state index contributed by atoms with van der Waals surface area (Å²) in [5.74, 6) is 0.475. The summed E-state index contributed by atoms with van der Waals surface area (Å²) < 4.78 is 5.16. The Morgan fingerprint density at radius 1 is 1.35 bits per heavy atom. The molecule has 2 N–H and O–H groups in total. The molecule has 2 aromatic heterocycles. The number of halogens is 1. The van der Waals surface area contributed by atoms with Crippen LogP contribution in [0.15, 0.2) is 36.5 Å². The number of hydrogen-bond acceptors (Lipinski definition) is 3. The van der Waals surface area contributed by atoms with Gasteiger partial charge in [-0.15, -0.1) is 0 Å². The molecule has 0 aliphatic heterocycles. The summed E-state index contributed by atoms with van der Waals surface area (Å²) in [5.41, 5.74) is 3.71. The van der Waals surface area contributed by atoms with Gasteiger partial charge in [-0.2, -0.15) is 0 Å². The number of rotatable bonds is 4. The van der Waals surface area contributed by atoms with Gasteiger partial charge in [0.2, 0.25) is 11.8 Å². The van der Waals surface area contributed by atoms with Gasteiger partial charge in [0.25, 0.3) is 0 Å². The highest BCUT2D eigenvalue weighted by atomic mass is 35.5. The van der Waals surface area contributed by atoms with E-state index in [1.807, 2.05) is 30.3 Å². The average molecular weight is 330 g/mol. The van der Waals surface area contributed by atoms with E-state index in [1.165, 1.54) is 6.92 Å². The first-order valence-electron chi connectivity index (χ1n) is 7.13. The number of H-pyrrole nitrogens is 1. The molecule has 1 amide bonds. The van der Waals surface area contributed by atoms with Crippen LogP contribution in [0.5, 0.6) is 5.88 Å². The smallest absolute Gasteiger partial charge is 0.217 e. The van der Waals surface area contributed by atoms with E-state index < -0.39 is 0 Å². The van der Waals surface area contributed by atoms with Gasteiger partial charge in [0.15, 0.2) is 0 Å². The Morgan fingerprint density at radius 3 is 2.91 bits per heavy atom. The molecule has 118 valence electrons. The number of methoxy groups -OCH3 is 1. The van der Waals surface area contributed by atoms with Gasteiger partial charge in [0, 0.05) is 46.4 Å². The Balaban J connectivity index is 2.01. The number of benzene rings is 1. The van der Waals surface area contributed by atoms with E-state index in [0.717, 1.165) is 27.7 Å². The Kier molecular flexibility index (Phi) is 4.21. The van der Waals surface area contributed by atoms with Crippen LogP contribution in [0.1, 0.15) is 12.6 Å². The second-order valence-corrected chi connectivity index (χ2v) is 5.62. The normalized spacial score (nSPS) is 10.7. The molecule has 0 aliphatic carbocycles. The van der Waals surface area contributed by atoms with E-state index in [4.69, 9.17) is 16.3 Å². The summed E-state index contributed by atoms with van der Waals surface area (Å²) in [6, 6.07) is 9.61. The monoisotopic (exact) mass is 329 g/mol. The molecule has 0 radical (unpaired) electrons. The first kappa shape index (κ1) is 15.4. The third kappa shape index (κ3) is 3.29. The fraction of sp³-hybridized carbons (Fsp3) is 0.176. The molecule has 0 atom stereocenters. The lowest BCUT2D eigenvalue weighted by atomic mass is 10.1. The molecule has 5 nitrogen and oxygen atoms in total. The van der Waals surface area contributed by atoms with Crippen molar-refractivity contribution in [2.24, 2.45) is 0 Å². The number of fused-ring (bicyclic) bond motifs is 1. The zero-order valence-corrected chi connectivity index (χ0v) is 13.6. The minimum atomic E-state index is -0.0636. The Morgan fingerprint density at radius 2 is 2.17 bits per heavy atom. The molecule has 2 heterocycles. The van der Waals surface area contributed by atoms with Crippen molar-refractivity contribution in [3.8, 4) is 17.0 Å². The number of carbonyl (C=O) groups excluding carboxylic acids is 1. The molecule has 0 saturated heterocycles. The maximum atomic E-state index is 11.0. The van der Waals surface area contributed by atoms with Crippen LogP contribution >= 0.6 is 11.6 Å². The van der Waals surface area contributed by atoms with E-state index in [0.29, 0.717) is 17.4 Å². The lowest BCUT2D eigenvalue weighted by Crippen LogP contribution is -2.18. The number of amides is 1. The molecule has 0 aliphatic rings. The van der Waals surface area contributed by atoms with Crippen molar-refractivity contribution in [1.29, 1.82) is 0 Å². The van der Waals surface area contributed by atoms with Gasteiger partial charge in [-0.1, -0.05) is 11.6 Å². The molecule has 23 heavy (non-hydrogen) atoms. The van der Waals surface area contributed by atoms with E-state index in [1.54, 1.807) is 13.3 Å². The van der Waals surface area contributed by atoms with E-state index in [2.05, 4.69) is 15.3 Å². The van der Waals surface area contributed by atoms with Crippen LogP contribution in [-0.4, -0.2) is 23.0 Å². The number of aromatic amines is 1. The number of nitrogens with zero attached hydrogens (tertiary/aromatic N) is 1. The van der Waals surface area contributed by atoms with Crippen molar-refractivity contribution in [2.75, 3.05) is 7.11 Å². The average Bonchev–Trinajstić information content (AvgIpc) is 2.94. The van der Waals surface area contributed by atoms with Crippen molar-refractivity contribution in [1.82, 2.24) is 15.3 Å². The molecule has 3 aromatic rings. The van der Waals surface area contributed by atoms with Gasteiger partial charge in [0.05, 0.1) is 13.7 Å². The van der Waals surface area contributed by atoms with E-state index >= 15 is 0 Å². The molecule has 0 unspecified atom stereocenters. The second kappa shape index (κ2) is 6.30. The maximum absolute atomic E-state index is 11.0. The lowest BCUT2D eigenvalue weighted by Gasteiger charge is -2.06. The topological polar surface area (TPSA) is 67.0 Å². The lowest BCUT2D eigenvalue weighted by molar-refractivity contribution is -0.119. The first-order chi connectivity index (χ1) is 11.1. The molecule has 0 saturated carbocycles. The van der Waals surface area contributed by atoms with Gasteiger partial charge >= 0.3 is 0 Å². The molecule has 0 bridgehead atoms. The fourth-order valence-electron chi connectivity index (χ4n) is 2.44. The number of pyridine rings is 1. The minimum Gasteiger partial charge on any atom is -0.481 e. The second-order valence-electron chi connectivity index (χ2n) is 5.21. The summed E-state index contributed by atoms with van der Waals surface area (Å²) in [6.45, 7) is 1.95. The quantitative estimate of drug-likeness (QED) is 0.769. The van der Waals surface area contributed by atoms with Crippen LogP contribution in [-0.2, 0) is 11.3 Å². The zero-order chi connectivity index (χ0) is 16.4. The van der Waals surface area contributed by atoms with E-state index in [9.17, 15) is 4.79 Å². The molecule has 3 rings (SSSR count). The molecule has 1 aromatic carbocycles. The SMILES string of the molecule is COc1cc(-c2cc3[nH]c(CNC(C)=O)cc3cc2Cl)ccn1. The number of aromatic nitrogens is 2. The summed E-state index contributed by atoms with van der Waals surface area (Å²) in [4.78, 5) is 18.4. The number of nitrogens with one attached hydrogen (secondary N) is 2. The van der Waals surface area contributed by atoms with Gasteiger partial charge < -0.3 is 15.0 Å². The number of hydrogen-bond donors (Lipinski definition) is 2. The van der Waals surface area contributed by atoms with Crippen molar-refractivity contribution in [3.63, 3.8) is 0 Å². The van der Waals surface area contributed by atoms with Gasteiger partial charge in [-0.25, -0.2) is 4.98 Å². The Labute approximate surface area is 138 Å². The van der Waals surface area contributed by atoms with Crippen molar-refractivity contribution < 1.29 is 9.53 Å². The third-order valence-corrected chi connectivity index (χ3v) is 3.86. The van der Waals surface area contributed by atoms with E-state index in [-0.39, 0.29) is 5.91 Å². The predicted octanol–water partition coefficient (Wildman–Crippen LogP) is 3.53. The first-order valence-corrected chi connectivity index (χ1v) is 7.50. The summed E-state index contributed by atoms with van der Waals surface area (Å²) in [5, 5.41) is 4.42. The summed E-state index contributed by atoms with van der Waals surface area (Å²) >= 11 is 6.43. The Hall–Kier alpha value is -2.53. The van der Waals surface area contributed by atoms with Crippen LogP contribution in [0.2, 0.25) is 5.02 Å². The van der Waals surface area contributed by atoms with Gasteiger partial charge in [-0.05, 0) is 29.8 Å². The number of carbonyl (C=O) groups is 1. The predicted molar refractivity (Wildman–Crippen MR) is 90.6 cm³/mol. The maximum Gasteiger partial charge on any atom is 0.217 e. The highest BCUT2D eigenvalue weighted by molar-refractivity contribution is 6.34. The van der Waals surface area contributed by atoms with Crippen molar-refractivity contribution >= 4 is 28.4 Å². The van der Waals surface area contributed by atoms with Crippen molar-refractivity contribution in [3.05, 3.63) is 47.2 Å². The largest absolute Gasteiger partial charge is 0.481 e. The third-order valence-electron chi connectivity index (χ3n) is 3.55. The summed E-state index contributed by atoms with van der Waals surface area (Å²) in [6.07, 6.45) is 1.69. The Bertz CT molecular complexity index is 873. The highest BCUT2D eigenvalue weighted by Crippen LogP contribution is 2.33. The molecule has 6 heteroatoms. The van der Waals surface area contributed by atoms with Crippen LogP contribution in [0.3, 0.4) is 0 Å². The highest BCUT2D eigenvalue weighted by Gasteiger charge is 2.10. The van der Waals surface area contributed by atoms with Crippen LogP contribution in [0, 0.1) is 0 Å². The van der Waals surface area contributed by atoms with Crippen molar-refractivity contribution in [2.45, 2.75) is 13.5 Å². The van der Waals surface area contributed by atoms with Gasteiger partial charge in [-0.3, -0.25) is 4.79 Å². The van der Waals surface area contributed by atoms with Crippen LogP contribution < -0.4 is 10.1 Å². The molecule has 0 spiro atoms. The zero-order valence-electron chi connectivity index (χ0n) is 12.8. The summed E-state index contributed by atoms with van der Waals surface area (Å²) in [7, 11) is 1.58. The molecule has 0 fully saturated rings. The number of ether oxygens (including phenoxy) is 1. The van der Waals surface area contributed by atoms with Gasteiger partial charge in [0.1, 0.15) is 0 Å². The molecular formula is C17H16ClN3O2. The minimum absolute atomic E-state index is 0.0636. The molecular weight excluding hydrogens is 314 g/mol.